The van der Waals surface area contributed by atoms with Gasteiger partial charge in [0.25, 0.3) is 5.91 Å². The fourth-order valence-corrected chi connectivity index (χ4v) is 3.99. The van der Waals surface area contributed by atoms with E-state index in [9.17, 15) is 4.79 Å². The zero-order valence-electron chi connectivity index (χ0n) is 17.9. The van der Waals surface area contributed by atoms with Crippen LogP contribution in [0.2, 0.25) is 0 Å². The normalized spacial score (nSPS) is 15.3. The molecule has 1 aromatic heterocycles. The fourth-order valence-electron chi connectivity index (χ4n) is 3.99. The molecule has 1 amide bonds. The van der Waals surface area contributed by atoms with E-state index < -0.39 is 0 Å². The molecule has 0 saturated carbocycles. The highest BCUT2D eigenvalue weighted by Crippen LogP contribution is 2.26. The highest BCUT2D eigenvalue weighted by atomic mass is 16.5. The predicted octanol–water partition coefficient (Wildman–Crippen LogP) is 4.83. The zero-order chi connectivity index (χ0) is 21.1. The second-order valence-corrected chi connectivity index (χ2v) is 8.26. The third-order valence-electron chi connectivity index (χ3n) is 6.03. The summed E-state index contributed by atoms with van der Waals surface area (Å²) < 4.78 is 5.45. The lowest BCUT2D eigenvalue weighted by Gasteiger charge is -2.28. The number of carbonyl (C=O) groups excluding carboxylic acids is 1. The first-order chi connectivity index (χ1) is 14.5. The Kier molecular flexibility index (Phi) is 6.00. The van der Waals surface area contributed by atoms with Gasteiger partial charge < -0.3 is 9.84 Å². The summed E-state index contributed by atoms with van der Waals surface area (Å²) in [7, 11) is 0. The standard InChI is InChI=1S/C25H29N3O2/c1-17-6-9-20(10-7-17)23(28-12-4-5-13-28)16-26-25(29)22-15-24(30-27-22)21-11-8-18(2)19(3)14-21/h6-11,14-15,23H,4-5,12-13,16H2,1-3H3,(H,26,29)/t23-/m0/s1. The van der Waals surface area contributed by atoms with Gasteiger partial charge in [-0.15, -0.1) is 0 Å². The predicted molar refractivity (Wildman–Crippen MR) is 118 cm³/mol. The average Bonchev–Trinajstić information content (AvgIpc) is 3.44. The summed E-state index contributed by atoms with van der Waals surface area (Å²) >= 11 is 0. The molecule has 1 fully saturated rings. The third-order valence-corrected chi connectivity index (χ3v) is 6.03. The number of hydrogen-bond donors (Lipinski definition) is 1. The number of carbonyl (C=O) groups is 1. The number of nitrogens with zero attached hydrogens (tertiary/aromatic N) is 2. The molecule has 0 radical (unpaired) electrons. The van der Waals surface area contributed by atoms with Crippen LogP contribution in [-0.2, 0) is 0 Å². The van der Waals surface area contributed by atoms with Gasteiger partial charge in [0.1, 0.15) is 0 Å². The number of nitrogens with one attached hydrogen (secondary N) is 1. The first-order valence-corrected chi connectivity index (χ1v) is 10.6. The Bertz CT molecular complexity index is 1020. The van der Waals surface area contributed by atoms with Gasteiger partial charge in [0.2, 0.25) is 0 Å². The quantitative estimate of drug-likeness (QED) is 0.640. The van der Waals surface area contributed by atoms with Gasteiger partial charge in [-0.05, 0) is 69.5 Å². The third kappa shape index (κ3) is 4.46. The molecule has 1 N–H and O–H groups in total. The number of amides is 1. The van der Waals surface area contributed by atoms with Crippen molar-refractivity contribution in [1.82, 2.24) is 15.4 Å². The molecule has 1 aliphatic rings. The lowest BCUT2D eigenvalue weighted by molar-refractivity contribution is 0.0929. The van der Waals surface area contributed by atoms with Crippen LogP contribution in [0.25, 0.3) is 11.3 Å². The molecule has 0 spiro atoms. The summed E-state index contributed by atoms with van der Waals surface area (Å²) in [5, 5.41) is 7.07. The molecular formula is C25H29N3O2. The Labute approximate surface area is 178 Å². The smallest absolute Gasteiger partial charge is 0.273 e. The fraction of sp³-hybridized carbons (Fsp3) is 0.360. The van der Waals surface area contributed by atoms with E-state index in [1.54, 1.807) is 6.07 Å². The maximum absolute atomic E-state index is 12.8. The molecular weight excluding hydrogens is 374 g/mol. The minimum absolute atomic E-state index is 0.170. The Balaban J connectivity index is 1.46. The number of likely N-dealkylation sites (tertiary alicyclic amines) is 1. The number of benzene rings is 2. The highest BCUT2D eigenvalue weighted by Gasteiger charge is 2.24. The molecule has 4 rings (SSSR count). The Morgan fingerprint density at radius 1 is 1.03 bits per heavy atom. The second-order valence-electron chi connectivity index (χ2n) is 8.26. The Hall–Kier alpha value is -2.92. The number of aromatic nitrogens is 1. The van der Waals surface area contributed by atoms with Crippen LogP contribution in [0.4, 0.5) is 0 Å². The molecule has 3 aromatic rings. The molecule has 0 bridgehead atoms. The summed E-state index contributed by atoms with van der Waals surface area (Å²) in [4.78, 5) is 15.2. The second kappa shape index (κ2) is 8.84. The van der Waals surface area contributed by atoms with Gasteiger partial charge in [-0.2, -0.15) is 0 Å². The molecule has 156 valence electrons. The van der Waals surface area contributed by atoms with Crippen LogP contribution in [0.1, 0.15) is 51.6 Å². The molecule has 0 aliphatic carbocycles. The Morgan fingerprint density at radius 3 is 2.47 bits per heavy atom. The zero-order valence-corrected chi connectivity index (χ0v) is 17.9. The van der Waals surface area contributed by atoms with Gasteiger partial charge in [-0.1, -0.05) is 47.1 Å². The lowest BCUT2D eigenvalue weighted by Crippen LogP contribution is -2.36. The molecule has 0 unspecified atom stereocenters. The van der Waals surface area contributed by atoms with Crippen molar-refractivity contribution in [2.24, 2.45) is 0 Å². The minimum atomic E-state index is -0.204. The first-order valence-electron chi connectivity index (χ1n) is 10.6. The van der Waals surface area contributed by atoms with Crippen molar-refractivity contribution in [2.75, 3.05) is 19.6 Å². The van der Waals surface area contributed by atoms with Crippen LogP contribution >= 0.6 is 0 Å². The van der Waals surface area contributed by atoms with Crippen LogP contribution in [0, 0.1) is 20.8 Å². The van der Waals surface area contributed by atoms with Gasteiger partial charge >= 0.3 is 0 Å². The summed E-state index contributed by atoms with van der Waals surface area (Å²) in [6, 6.07) is 16.6. The van der Waals surface area contributed by atoms with Gasteiger partial charge in [0.15, 0.2) is 11.5 Å². The molecule has 30 heavy (non-hydrogen) atoms. The van der Waals surface area contributed by atoms with Crippen LogP contribution in [-0.4, -0.2) is 35.6 Å². The molecule has 5 nitrogen and oxygen atoms in total. The van der Waals surface area contributed by atoms with E-state index in [2.05, 4.69) is 72.5 Å². The van der Waals surface area contributed by atoms with Crippen LogP contribution in [0.3, 0.4) is 0 Å². The number of hydrogen-bond acceptors (Lipinski definition) is 4. The molecule has 1 saturated heterocycles. The van der Waals surface area contributed by atoms with Crippen LogP contribution < -0.4 is 5.32 Å². The lowest BCUT2D eigenvalue weighted by atomic mass is 10.0. The van der Waals surface area contributed by atoms with Crippen molar-refractivity contribution in [3.05, 3.63) is 76.5 Å². The summed E-state index contributed by atoms with van der Waals surface area (Å²) in [6.07, 6.45) is 2.41. The van der Waals surface area contributed by atoms with Gasteiger partial charge in [-0.25, -0.2) is 0 Å². The SMILES string of the molecule is Cc1ccc([C@H](CNC(=O)c2cc(-c3ccc(C)c(C)c3)on2)N2CCCC2)cc1. The van der Waals surface area contributed by atoms with Crippen molar-refractivity contribution in [2.45, 2.75) is 39.7 Å². The maximum atomic E-state index is 12.8. The van der Waals surface area contributed by atoms with E-state index >= 15 is 0 Å². The van der Waals surface area contributed by atoms with Crippen molar-refractivity contribution < 1.29 is 9.32 Å². The molecule has 2 heterocycles. The van der Waals surface area contributed by atoms with Crippen LogP contribution in [0.15, 0.2) is 53.1 Å². The van der Waals surface area contributed by atoms with E-state index in [1.807, 2.05) is 6.07 Å². The summed E-state index contributed by atoms with van der Waals surface area (Å²) in [5.41, 5.74) is 6.12. The van der Waals surface area contributed by atoms with Crippen molar-refractivity contribution in [3.63, 3.8) is 0 Å². The van der Waals surface area contributed by atoms with Crippen molar-refractivity contribution in [3.8, 4) is 11.3 Å². The van der Waals surface area contributed by atoms with Gasteiger partial charge in [0, 0.05) is 18.2 Å². The van der Waals surface area contributed by atoms with E-state index in [-0.39, 0.29) is 11.9 Å². The Morgan fingerprint density at radius 2 is 1.77 bits per heavy atom. The summed E-state index contributed by atoms with van der Waals surface area (Å²) in [6.45, 7) is 8.90. The topological polar surface area (TPSA) is 58.4 Å². The van der Waals surface area contributed by atoms with Gasteiger partial charge in [0.05, 0.1) is 6.04 Å². The van der Waals surface area contributed by atoms with E-state index in [4.69, 9.17) is 4.52 Å². The maximum Gasteiger partial charge on any atom is 0.273 e. The molecule has 2 aromatic carbocycles. The van der Waals surface area contributed by atoms with E-state index in [1.165, 1.54) is 35.1 Å². The minimum Gasteiger partial charge on any atom is -0.355 e. The average molecular weight is 404 g/mol. The van der Waals surface area contributed by atoms with Gasteiger partial charge in [-0.3, -0.25) is 9.69 Å². The highest BCUT2D eigenvalue weighted by molar-refractivity contribution is 5.93. The monoisotopic (exact) mass is 403 g/mol. The first kappa shape index (κ1) is 20.4. The number of aryl methyl sites for hydroxylation is 3. The molecule has 1 atom stereocenters. The van der Waals surface area contributed by atoms with Crippen molar-refractivity contribution in [1.29, 1.82) is 0 Å². The molecule has 5 heteroatoms. The number of rotatable bonds is 6. The van der Waals surface area contributed by atoms with E-state index in [0.29, 0.717) is 18.0 Å². The van der Waals surface area contributed by atoms with Crippen LogP contribution in [0.5, 0.6) is 0 Å². The van der Waals surface area contributed by atoms with E-state index in [0.717, 1.165) is 18.7 Å². The largest absolute Gasteiger partial charge is 0.355 e. The summed E-state index contributed by atoms with van der Waals surface area (Å²) in [5.74, 6) is 0.406. The molecule has 1 aliphatic heterocycles. The van der Waals surface area contributed by atoms with Crippen molar-refractivity contribution >= 4 is 5.91 Å².